The van der Waals surface area contributed by atoms with E-state index in [0.717, 1.165) is 50.0 Å². The van der Waals surface area contributed by atoms with Gasteiger partial charge < -0.3 is 35.8 Å². The van der Waals surface area contributed by atoms with Crippen LogP contribution in [0.4, 0.5) is 16.2 Å². The number of hydrogen-bond acceptors (Lipinski definition) is 8. The molecule has 11 nitrogen and oxygen atoms in total. The van der Waals surface area contributed by atoms with Gasteiger partial charge in [0.15, 0.2) is 0 Å². The summed E-state index contributed by atoms with van der Waals surface area (Å²) in [6.07, 6.45) is 3.77. The lowest BCUT2D eigenvalue weighted by Crippen LogP contribution is -2.46. The number of carbonyl (C=O) groups excluding carboxylic acids is 3. The minimum absolute atomic E-state index is 0.0321. The molecule has 1 saturated heterocycles. The zero-order valence-corrected chi connectivity index (χ0v) is 27.0. The molecular formula is C36H47N5O6. The molecule has 1 fully saturated rings. The SMILES string of the molecule is CC1(OC(=O)Nc2ccccc2-c2ccccc2)CCN(CCC(=O)NCCCCCNC[C@@H](O)c2ccc(O)c(NC=O)c2)CC1. The number of aliphatic hydroxyl groups is 1. The molecule has 252 valence electrons. The number of rotatable bonds is 17. The van der Waals surface area contributed by atoms with E-state index < -0.39 is 17.8 Å². The van der Waals surface area contributed by atoms with Crippen LogP contribution in [0.2, 0.25) is 0 Å². The van der Waals surface area contributed by atoms with Gasteiger partial charge >= 0.3 is 6.09 Å². The molecule has 11 heteroatoms. The molecule has 47 heavy (non-hydrogen) atoms. The van der Waals surface area contributed by atoms with Gasteiger partial charge in [-0.05, 0) is 68.5 Å². The average Bonchev–Trinajstić information content (AvgIpc) is 3.07. The van der Waals surface area contributed by atoms with Gasteiger partial charge in [0.1, 0.15) is 11.4 Å². The number of aromatic hydroxyl groups is 1. The number of piperidine rings is 1. The molecule has 3 aromatic rings. The van der Waals surface area contributed by atoms with Gasteiger partial charge in [-0.15, -0.1) is 0 Å². The molecule has 4 rings (SSSR count). The molecule has 0 bridgehead atoms. The van der Waals surface area contributed by atoms with Crippen LogP contribution in [0.15, 0.2) is 72.8 Å². The van der Waals surface area contributed by atoms with Crippen LogP contribution in [0.1, 0.15) is 57.1 Å². The van der Waals surface area contributed by atoms with E-state index in [0.29, 0.717) is 56.6 Å². The van der Waals surface area contributed by atoms with Crippen molar-refractivity contribution in [2.45, 2.75) is 57.2 Å². The lowest BCUT2D eigenvalue weighted by molar-refractivity contribution is -0.121. The molecule has 3 aromatic carbocycles. The topological polar surface area (TPSA) is 152 Å². The first-order valence-corrected chi connectivity index (χ1v) is 16.3. The van der Waals surface area contributed by atoms with E-state index in [9.17, 15) is 24.6 Å². The summed E-state index contributed by atoms with van der Waals surface area (Å²) in [5.74, 6) is -0.0254. The number of aliphatic hydroxyl groups excluding tert-OH is 1. The first kappa shape index (κ1) is 35.4. The van der Waals surface area contributed by atoms with Gasteiger partial charge in [0.25, 0.3) is 0 Å². The number of anilines is 2. The zero-order chi connectivity index (χ0) is 33.5. The Morgan fingerprint density at radius 3 is 2.45 bits per heavy atom. The van der Waals surface area contributed by atoms with Crippen molar-refractivity contribution >= 4 is 29.8 Å². The number of hydrogen-bond donors (Lipinski definition) is 6. The van der Waals surface area contributed by atoms with E-state index in [2.05, 4.69) is 26.2 Å². The fourth-order valence-electron chi connectivity index (χ4n) is 5.60. The Morgan fingerprint density at radius 1 is 0.957 bits per heavy atom. The Balaban J connectivity index is 1.04. The third-order valence-electron chi connectivity index (χ3n) is 8.47. The van der Waals surface area contributed by atoms with Crippen LogP contribution < -0.4 is 21.3 Å². The summed E-state index contributed by atoms with van der Waals surface area (Å²) in [5, 5.41) is 31.7. The van der Waals surface area contributed by atoms with Crippen molar-refractivity contribution < 1.29 is 29.3 Å². The number of unbranched alkanes of at least 4 members (excludes halogenated alkanes) is 2. The number of benzene rings is 3. The molecule has 6 N–H and O–H groups in total. The van der Waals surface area contributed by atoms with Crippen molar-refractivity contribution in [1.82, 2.24) is 15.5 Å². The first-order valence-electron chi connectivity index (χ1n) is 16.3. The van der Waals surface area contributed by atoms with Gasteiger partial charge in [0.05, 0.1) is 17.5 Å². The van der Waals surface area contributed by atoms with Crippen LogP contribution in [0, 0.1) is 0 Å². The summed E-state index contributed by atoms with van der Waals surface area (Å²) < 4.78 is 5.90. The molecule has 0 unspecified atom stereocenters. The molecule has 0 saturated carbocycles. The van der Waals surface area contributed by atoms with Crippen molar-refractivity contribution in [1.29, 1.82) is 0 Å². The van der Waals surface area contributed by atoms with Crippen LogP contribution >= 0.6 is 0 Å². The largest absolute Gasteiger partial charge is 0.506 e. The molecule has 0 radical (unpaired) electrons. The number of ether oxygens (including phenoxy) is 1. The van der Waals surface area contributed by atoms with Gasteiger partial charge in [0, 0.05) is 44.7 Å². The standard InChI is InChI=1S/C36H47N5O6/c1-36(47-35(46)40-30-13-7-6-12-29(30)27-10-4-2-5-11-27)17-22-41(23-18-36)21-16-34(45)38-20-9-3-8-19-37-25-33(44)28-14-15-32(43)31(24-28)39-26-42/h2,4-7,10-15,24,26,33,37,43-44H,3,8-9,16-23,25H2,1H3,(H,38,45)(H,39,42)(H,40,46)/t33-/m1/s1. The Labute approximate surface area is 276 Å². The predicted molar refractivity (Wildman–Crippen MR) is 183 cm³/mol. The first-order chi connectivity index (χ1) is 22.8. The normalized spacial score (nSPS) is 14.9. The number of amides is 3. The van der Waals surface area contributed by atoms with Crippen molar-refractivity contribution in [3.63, 3.8) is 0 Å². The van der Waals surface area contributed by atoms with Gasteiger partial charge in [-0.1, -0.05) is 61.0 Å². The second-order valence-corrected chi connectivity index (χ2v) is 12.1. The summed E-state index contributed by atoms with van der Waals surface area (Å²) in [7, 11) is 0. The maximum absolute atomic E-state index is 12.9. The van der Waals surface area contributed by atoms with Crippen LogP contribution in [0.5, 0.6) is 5.75 Å². The lowest BCUT2D eigenvalue weighted by atomic mass is 9.93. The van der Waals surface area contributed by atoms with Gasteiger partial charge in [-0.3, -0.25) is 14.9 Å². The number of phenols is 1. The van der Waals surface area contributed by atoms with Crippen molar-refractivity contribution in [2.24, 2.45) is 0 Å². The highest BCUT2D eigenvalue weighted by Crippen LogP contribution is 2.30. The number of likely N-dealkylation sites (tertiary alicyclic amines) is 1. The van der Waals surface area contributed by atoms with Gasteiger partial charge in [-0.2, -0.15) is 0 Å². The zero-order valence-electron chi connectivity index (χ0n) is 27.0. The molecule has 0 aromatic heterocycles. The van der Waals surface area contributed by atoms with Gasteiger partial charge in [-0.25, -0.2) is 4.79 Å². The number of phenolic OH excluding ortho intramolecular Hbond substituents is 1. The second kappa shape index (κ2) is 18.0. The molecule has 1 heterocycles. The Kier molecular flexibility index (Phi) is 13.6. The lowest BCUT2D eigenvalue weighted by Gasteiger charge is -2.38. The van der Waals surface area contributed by atoms with Gasteiger partial charge in [0.2, 0.25) is 12.3 Å². The predicted octanol–water partition coefficient (Wildman–Crippen LogP) is 5.03. The molecule has 1 aliphatic heterocycles. The number of nitrogens with zero attached hydrogens (tertiary/aromatic N) is 1. The minimum atomic E-state index is -0.767. The van der Waals surface area contributed by atoms with E-state index in [1.165, 1.54) is 6.07 Å². The van der Waals surface area contributed by atoms with Crippen LogP contribution in [0.25, 0.3) is 11.1 Å². The molecule has 1 atom stereocenters. The Hall–Kier alpha value is -4.45. The Morgan fingerprint density at radius 2 is 1.68 bits per heavy atom. The molecule has 0 aliphatic carbocycles. The monoisotopic (exact) mass is 645 g/mol. The third kappa shape index (κ3) is 11.4. The summed E-state index contributed by atoms with van der Waals surface area (Å²) in [6.45, 7) is 5.83. The van der Waals surface area contributed by atoms with E-state index in [1.54, 1.807) is 12.1 Å². The maximum Gasteiger partial charge on any atom is 0.412 e. The highest BCUT2D eigenvalue weighted by atomic mass is 16.6. The summed E-state index contributed by atoms with van der Waals surface area (Å²) in [6, 6.07) is 22.2. The Bertz CT molecular complexity index is 1440. The number of para-hydroxylation sites is 1. The maximum atomic E-state index is 12.9. The molecule has 0 spiro atoms. The third-order valence-corrected chi connectivity index (χ3v) is 8.47. The van der Waals surface area contributed by atoms with Crippen LogP contribution in [-0.2, 0) is 14.3 Å². The van der Waals surface area contributed by atoms with Crippen LogP contribution in [0.3, 0.4) is 0 Å². The molecule has 3 amide bonds. The second-order valence-electron chi connectivity index (χ2n) is 12.1. The fraction of sp³-hybridized carbons (Fsp3) is 0.417. The summed E-state index contributed by atoms with van der Waals surface area (Å²) in [5.41, 5.74) is 2.95. The molecular weight excluding hydrogens is 598 g/mol. The van der Waals surface area contributed by atoms with Crippen molar-refractivity contribution in [3.8, 4) is 16.9 Å². The fourth-order valence-corrected chi connectivity index (χ4v) is 5.60. The summed E-state index contributed by atoms with van der Waals surface area (Å²) in [4.78, 5) is 38.1. The van der Waals surface area contributed by atoms with Crippen molar-refractivity contribution in [3.05, 3.63) is 78.4 Å². The molecule has 1 aliphatic rings. The summed E-state index contributed by atoms with van der Waals surface area (Å²) >= 11 is 0. The number of nitrogens with one attached hydrogen (secondary N) is 4. The van der Waals surface area contributed by atoms with E-state index in [1.807, 2.05) is 61.5 Å². The van der Waals surface area contributed by atoms with E-state index in [-0.39, 0.29) is 17.3 Å². The highest BCUT2D eigenvalue weighted by molar-refractivity contribution is 5.91. The average molecular weight is 646 g/mol. The van der Waals surface area contributed by atoms with Crippen molar-refractivity contribution in [2.75, 3.05) is 49.9 Å². The highest BCUT2D eigenvalue weighted by Gasteiger charge is 2.34. The van der Waals surface area contributed by atoms with E-state index in [4.69, 9.17) is 4.74 Å². The minimum Gasteiger partial charge on any atom is -0.506 e. The smallest absolute Gasteiger partial charge is 0.412 e. The quantitative estimate of drug-likeness (QED) is 0.0680. The number of carbonyl (C=O) groups is 3. The van der Waals surface area contributed by atoms with E-state index >= 15 is 0 Å². The van der Waals surface area contributed by atoms with Crippen LogP contribution in [-0.4, -0.2) is 78.4 Å².